The van der Waals surface area contributed by atoms with E-state index < -0.39 is 5.60 Å². The van der Waals surface area contributed by atoms with Gasteiger partial charge in [0.25, 0.3) is 0 Å². The summed E-state index contributed by atoms with van der Waals surface area (Å²) in [6, 6.07) is 14.8. The summed E-state index contributed by atoms with van der Waals surface area (Å²) in [6.07, 6.45) is 3.30. The van der Waals surface area contributed by atoms with Crippen LogP contribution in [0.3, 0.4) is 0 Å². The van der Waals surface area contributed by atoms with Crippen LogP contribution in [-0.2, 0) is 12.1 Å². The van der Waals surface area contributed by atoms with Crippen molar-refractivity contribution in [2.75, 3.05) is 7.11 Å². The molecular formula is C22H20N8O2. The molecule has 5 aromatic rings. The molecule has 0 aliphatic carbocycles. The van der Waals surface area contributed by atoms with Gasteiger partial charge in [-0.2, -0.15) is 10.2 Å². The number of pyridine rings is 2. The maximum absolute atomic E-state index is 12.2. The minimum absolute atomic E-state index is 0.318. The lowest BCUT2D eigenvalue weighted by Crippen LogP contribution is -2.32. The SMILES string of the molecule is CCn1c(C(O)(c2ccccc2)c2ccncc2)nc2nc(OC)c(-c3nn[nH]n3)cc21. The number of ether oxygens (including phenoxy) is 1. The van der Waals surface area contributed by atoms with Crippen LogP contribution in [0.15, 0.2) is 60.9 Å². The van der Waals surface area contributed by atoms with E-state index in [-0.39, 0.29) is 0 Å². The number of fused-ring (bicyclic) bond motifs is 1. The molecule has 32 heavy (non-hydrogen) atoms. The minimum Gasteiger partial charge on any atom is -0.480 e. The molecule has 0 radical (unpaired) electrons. The number of nitrogens with one attached hydrogen (secondary N) is 1. The van der Waals surface area contributed by atoms with E-state index in [1.807, 2.05) is 47.9 Å². The summed E-state index contributed by atoms with van der Waals surface area (Å²) < 4.78 is 7.39. The lowest BCUT2D eigenvalue weighted by atomic mass is 9.86. The number of H-pyrrole nitrogens is 1. The molecule has 1 unspecified atom stereocenters. The first-order valence-corrected chi connectivity index (χ1v) is 10.0. The Bertz CT molecular complexity index is 1310. The summed E-state index contributed by atoms with van der Waals surface area (Å²) in [5.74, 6) is 1.11. The van der Waals surface area contributed by atoms with Gasteiger partial charge in [0.05, 0.1) is 18.2 Å². The third kappa shape index (κ3) is 3.00. The van der Waals surface area contributed by atoms with Crippen LogP contribution in [0.2, 0.25) is 0 Å². The van der Waals surface area contributed by atoms with Crippen molar-refractivity contribution in [1.82, 2.24) is 40.1 Å². The third-order valence-electron chi connectivity index (χ3n) is 5.42. The van der Waals surface area contributed by atoms with Crippen molar-refractivity contribution in [3.8, 4) is 17.3 Å². The van der Waals surface area contributed by atoms with E-state index in [9.17, 15) is 5.11 Å². The van der Waals surface area contributed by atoms with Crippen molar-refractivity contribution in [1.29, 1.82) is 0 Å². The number of aryl methyl sites for hydroxylation is 1. The van der Waals surface area contributed by atoms with Crippen LogP contribution in [0.4, 0.5) is 0 Å². The van der Waals surface area contributed by atoms with Crippen LogP contribution in [0.1, 0.15) is 23.9 Å². The van der Waals surface area contributed by atoms with E-state index in [1.165, 1.54) is 7.11 Å². The molecule has 0 aliphatic heterocycles. The van der Waals surface area contributed by atoms with Crippen molar-refractivity contribution in [3.63, 3.8) is 0 Å². The van der Waals surface area contributed by atoms with Gasteiger partial charge in [-0.05, 0) is 41.5 Å². The summed E-state index contributed by atoms with van der Waals surface area (Å²) >= 11 is 0. The summed E-state index contributed by atoms with van der Waals surface area (Å²) in [4.78, 5) is 13.5. The molecular weight excluding hydrogens is 408 g/mol. The zero-order valence-electron chi connectivity index (χ0n) is 17.5. The van der Waals surface area contributed by atoms with E-state index in [2.05, 4.69) is 30.6 Å². The van der Waals surface area contributed by atoms with Crippen LogP contribution in [0, 0.1) is 0 Å². The van der Waals surface area contributed by atoms with Gasteiger partial charge in [-0.3, -0.25) is 4.98 Å². The second-order valence-electron chi connectivity index (χ2n) is 7.12. The Kier molecular flexibility index (Phi) is 4.83. The monoisotopic (exact) mass is 428 g/mol. The molecule has 5 rings (SSSR count). The van der Waals surface area contributed by atoms with Crippen molar-refractivity contribution in [3.05, 3.63) is 77.9 Å². The Labute approximate surface area is 183 Å². The maximum atomic E-state index is 12.2. The highest BCUT2D eigenvalue weighted by Crippen LogP contribution is 2.38. The quantitative estimate of drug-likeness (QED) is 0.422. The van der Waals surface area contributed by atoms with Crippen LogP contribution >= 0.6 is 0 Å². The van der Waals surface area contributed by atoms with Crippen molar-refractivity contribution in [2.45, 2.75) is 19.1 Å². The van der Waals surface area contributed by atoms with Crippen LogP contribution < -0.4 is 4.74 Å². The highest BCUT2D eigenvalue weighted by atomic mass is 16.5. The fourth-order valence-corrected chi connectivity index (χ4v) is 3.92. The number of rotatable bonds is 6. The van der Waals surface area contributed by atoms with Crippen molar-refractivity contribution in [2.24, 2.45) is 0 Å². The summed E-state index contributed by atoms with van der Waals surface area (Å²) in [6.45, 7) is 2.53. The zero-order chi connectivity index (χ0) is 22.1. The molecule has 160 valence electrons. The van der Waals surface area contributed by atoms with E-state index >= 15 is 0 Å². The molecule has 0 spiro atoms. The number of hydrogen-bond donors (Lipinski definition) is 2. The van der Waals surface area contributed by atoms with E-state index in [0.717, 1.165) is 0 Å². The number of hydrogen-bond acceptors (Lipinski definition) is 8. The number of imidazole rings is 1. The number of aromatic nitrogens is 8. The standard InChI is InChI=1S/C22H20N8O2/c1-3-30-17-13-16(18-26-28-29-27-18)20(32-2)24-19(17)25-21(30)22(31,14-7-5-4-6-8-14)15-9-11-23-12-10-15/h4-13,31H,3H2,1-2H3,(H,26,27,28,29). The second-order valence-corrected chi connectivity index (χ2v) is 7.12. The molecule has 0 saturated carbocycles. The first kappa shape index (κ1) is 19.8. The Balaban J connectivity index is 1.82. The van der Waals surface area contributed by atoms with Gasteiger partial charge < -0.3 is 14.4 Å². The lowest BCUT2D eigenvalue weighted by Gasteiger charge is -2.29. The van der Waals surface area contributed by atoms with Gasteiger partial charge >= 0.3 is 0 Å². The fraction of sp³-hybridized carbons (Fsp3) is 0.182. The number of aromatic amines is 1. The lowest BCUT2D eigenvalue weighted by molar-refractivity contribution is 0.112. The van der Waals surface area contributed by atoms with Gasteiger partial charge in [0.1, 0.15) is 0 Å². The molecule has 10 heteroatoms. The van der Waals surface area contributed by atoms with Gasteiger partial charge in [0.2, 0.25) is 11.7 Å². The number of benzene rings is 1. The normalized spacial score (nSPS) is 13.2. The minimum atomic E-state index is -1.53. The Hall–Kier alpha value is -4.18. The Morgan fingerprint density at radius 3 is 2.47 bits per heavy atom. The number of aliphatic hydroxyl groups is 1. The Morgan fingerprint density at radius 2 is 1.81 bits per heavy atom. The first-order valence-electron chi connectivity index (χ1n) is 10.0. The smallest absolute Gasteiger partial charge is 0.226 e. The molecule has 1 aromatic carbocycles. The Morgan fingerprint density at radius 1 is 1.06 bits per heavy atom. The van der Waals surface area contributed by atoms with E-state index in [1.54, 1.807) is 24.5 Å². The fourth-order valence-electron chi connectivity index (χ4n) is 3.92. The molecule has 4 aromatic heterocycles. The van der Waals surface area contributed by atoms with Crippen molar-refractivity contribution < 1.29 is 9.84 Å². The summed E-state index contributed by atoms with van der Waals surface area (Å²) in [5, 5.41) is 26.4. The molecule has 0 aliphatic rings. The molecule has 10 nitrogen and oxygen atoms in total. The molecule has 2 N–H and O–H groups in total. The molecule has 0 amide bonds. The molecule has 4 heterocycles. The molecule has 1 atom stereocenters. The van der Waals surface area contributed by atoms with E-state index in [0.29, 0.717) is 51.9 Å². The predicted octanol–water partition coefficient (Wildman–Crippen LogP) is 2.32. The molecule has 0 bridgehead atoms. The molecule has 0 saturated heterocycles. The summed E-state index contributed by atoms with van der Waals surface area (Å²) in [7, 11) is 1.52. The van der Waals surface area contributed by atoms with Crippen LogP contribution in [-0.4, -0.2) is 52.4 Å². The number of tetrazole rings is 1. The van der Waals surface area contributed by atoms with Gasteiger partial charge in [0.15, 0.2) is 17.1 Å². The van der Waals surface area contributed by atoms with Crippen molar-refractivity contribution >= 4 is 11.2 Å². The number of methoxy groups -OCH3 is 1. The number of nitrogens with zero attached hydrogens (tertiary/aromatic N) is 7. The van der Waals surface area contributed by atoms with Crippen LogP contribution in [0.25, 0.3) is 22.6 Å². The first-order chi connectivity index (χ1) is 15.7. The van der Waals surface area contributed by atoms with E-state index in [4.69, 9.17) is 9.72 Å². The van der Waals surface area contributed by atoms with Gasteiger partial charge in [-0.1, -0.05) is 30.3 Å². The highest BCUT2D eigenvalue weighted by molar-refractivity contribution is 5.80. The van der Waals surface area contributed by atoms with Crippen LogP contribution in [0.5, 0.6) is 5.88 Å². The topological polar surface area (TPSA) is 128 Å². The highest BCUT2D eigenvalue weighted by Gasteiger charge is 2.39. The third-order valence-corrected chi connectivity index (χ3v) is 5.42. The second kappa shape index (κ2) is 7.82. The van der Waals surface area contributed by atoms with Gasteiger partial charge in [0, 0.05) is 18.9 Å². The average molecular weight is 428 g/mol. The van der Waals surface area contributed by atoms with Gasteiger partial charge in [-0.15, -0.1) is 10.2 Å². The largest absolute Gasteiger partial charge is 0.480 e. The predicted molar refractivity (Wildman–Crippen MR) is 116 cm³/mol. The average Bonchev–Trinajstić information content (AvgIpc) is 3.51. The molecule has 0 fully saturated rings. The van der Waals surface area contributed by atoms with Gasteiger partial charge in [-0.25, -0.2) is 4.98 Å². The summed E-state index contributed by atoms with van der Waals surface area (Å²) in [5.41, 5.74) is 1.53. The maximum Gasteiger partial charge on any atom is 0.226 e. The zero-order valence-corrected chi connectivity index (χ0v) is 17.5.